The van der Waals surface area contributed by atoms with Crippen LogP contribution in [-0.2, 0) is 0 Å². The highest BCUT2D eigenvalue weighted by molar-refractivity contribution is 5.97. The summed E-state index contributed by atoms with van der Waals surface area (Å²) in [7, 11) is 1.67. The second-order valence-corrected chi connectivity index (χ2v) is 5.78. The molecule has 0 bridgehead atoms. The molecule has 24 heavy (non-hydrogen) atoms. The maximum absolute atomic E-state index is 12.4. The number of benzene rings is 2. The number of carboxylic acids is 1. The van der Waals surface area contributed by atoms with Crippen LogP contribution in [0.3, 0.4) is 0 Å². The summed E-state index contributed by atoms with van der Waals surface area (Å²) in [5, 5.41) is 9.10. The Hall–Kier alpha value is -2.82. The zero-order valence-corrected chi connectivity index (χ0v) is 14.1. The predicted molar refractivity (Wildman–Crippen MR) is 91.8 cm³/mol. The second-order valence-electron chi connectivity index (χ2n) is 5.78. The van der Waals surface area contributed by atoms with Crippen LogP contribution in [0.15, 0.2) is 42.5 Å². The fraction of sp³-hybridized carbons (Fsp3) is 0.263. The van der Waals surface area contributed by atoms with Gasteiger partial charge in [0.15, 0.2) is 0 Å². The molecule has 1 amide bonds. The van der Waals surface area contributed by atoms with Crippen LogP contribution >= 0.6 is 0 Å². The number of aromatic carboxylic acids is 1. The van der Waals surface area contributed by atoms with Crippen LogP contribution in [0.25, 0.3) is 0 Å². The minimum Gasteiger partial charge on any atom is -0.492 e. The Bertz CT molecular complexity index is 755. The molecular weight excluding hydrogens is 306 g/mol. The van der Waals surface area contributed by atoms with E-state index in [1.54, 1.807) is 26.1 Å². The van der Waals surface area contributed by atoms with Crippen molar-refractivity contribution in [3.63, 3.8) is 0 Å². The summed E-state index contributed by atoms with van der Waals surface area (Å²) >= 11 is 0. The van der Waals surface area contributed by atoms with E-state index < -0.39 is 5.97 Å². The average Bonchev–Trinajstić information content (AvgIpc) is 2.53. The van der Waals surface area contributed by atoms with E-state index in [4.69, 9.17) is 9.84 Å². The number of carbonyl (C=O) groups excluding carboxylic acids is 1. The Labute approximate surface area is 141 Å². The van der Waals surface area contributed by atoms with Crippen molar-refractivity contribution in [1.29, 1.82) is 0 Å². The molecule has 5 heteroatoms. The summed E-state index contributed by atoms with van der Waals surface area (Å²) in [6, 6.07) is 12.3. The molecule has 0 radical (unpaired) electrons. The van der Waals surface area contributed by atoms with Gasteiger partial charge in [0, 0.05) is 12.6 Å². The molecule has 0 saturated heterocycles. The van der Waals surface area contributed by atoms with E-state index in [9.17, 15) is 9.59 Å². The minimum absolute atomic E-state index is 0.114. The zero-order valence-electron chi connectivity index (χ0n) is 14.1. The van der Waals surface area contributed by atoms with E-state index in [-0.39, 0.29) is 11.5 Å². The summed E-state index contributed by atoms with van der Waals surface area (Å²) in [5.74, 6) is -0.508. The first-order valence-corrected chi connectivity index (χ1v) is 7.67. The van der Waals surface area contributed by atoms with Gasteiger partial charge in [-0.15, -0.1) is 0 Å². The summed E-state index contributed by atoms with van der Waals surface area (Å²) < 4.78 is 5.64. The highest BCUT2D eigenvalue weighted by Gasteiger charge is 2.15. The Kier molecular flexibility index (Phi) is 5.58. The molecule has 0 atom stereocenters. The van der Waals surface area contributed by atoms with Crippen LogP contribution in [0, 0.1) is 13.8 Å². The third-order valence-electron chi connectivity index (χ3n) is 3.60. The van der Waals surface area contributed by atoms with Crippen LogP contribution in [0.2, 0.25) is 0 Å². The van der Waals surface area contributed by atoms with Gasteiger partial charge in [-0.1, -0.05) is 12.1 Å². The molecule has 2 aromatic rings. The van der Waals surface area contributed by atoms with Crippen LogP contribution in [0.5, 0.6) is 5.75 Å². The number of ether oxygens (including phenoxy) is 1. The molecule has 0 unspecified atom stereocenters. The van der Waals surface area contributed by atoms with Gasteiger partial charge >= 0.3 is 5.97 Å². The van der Waals surface area contributed by atoms with Crippen molar-refractivity contribution in [2.45, 2.75) is 13.8 Å². The normalized spacial score (nSPS) is 10.3. The van der Waals surface area contributed by atoms with Crippen LogP contribution in [0.4, 0.5) is 0 Å². The standard InChI is InChI=1S/C19H21NO4/c1-13-5-4-6-17(11-13)24-8-7-20(3)18(21)15-9-14(2)10-16(12-15)19(22)23/h4-6,9-12H,7-8H2,1-3H3,(H,22,23). The second kappa shape index (κ2) is 7.64. The summed E-state index contributed by atoms with van der Waals surface area (Å²) in [6.45, 7) is 4.52. The van der Waals surface area contributed by atoms with Crippen molar-refractivity contribution in [2.24, 2.45) is 0 Å². The minimum atomic E-state index is -1.04. The molecule has 0 saturated carbocycles. The molecule has 0 aliphatic carbocycles. The van der Waals surface area contributed by atoms with Crippen molar-refractivity contribution in [2.75, 3.05) is 20.2 Å². The lowest BCUT2D eigenvalue weighted by Crippen LogP contribution is -2.31. The highest BCUT2D eigenvalue weighted by atomic mass is 16.5. The van der Waals surface area contributed by atoms with Crippen LogP contribution < -0.4 is 4.74 Å². The van der Waals surface area contributed by atoms with Crippen LogP contribution in [-0.4, -0.2) is 42.1 Å². The lowest BCUT2D eigenvalue weighted by atomic mass is 10.1. The maximum Gasteiger partial charge on any atom is 0.335 e. The van der Waals surface area contributed by atoms with Crippen molar-refractivity contribution in [1.82, 2.24) is 4.90 Å². The topological polar surface area (TPSA) is 66.8 Å². The van der Waals surface area contributed by atoms with Gasteiger partial charge in [-0.2, -0.15) is 0 Å². The van der Waals surface area contributed by atoms with E-state index in [2.05, 4.69) is 0 Å². The Morgan fingerprint density at radius 2 is 1.75 bits per heavy atom. The van der Waals surface area contributed by atoms with Crippen molar-refractivity contribution in [3.8, 4) is 5.75 Å². The maximum atomic E-state index is 12.4. The number of likely N-dealkylation sites (N-methyl/N-ethyl adjacent to an activating group) is 1. The first kappa shape index (κ1) is 17.5. The van der Waals surface area contributed by atoms with Gasteiger partial charge in [0.25, 0.3) is 5.91 Å². The number of carboxylic acid groups (broad SMARTS) is 1. The zero-order chi connectivity index (χ0) is 17.7. The largest absolute Gasteiger partial charge is 0.492 e. The molecule has 126 valence electrons. The molecule has 2 rings (SSSR count). The van der Waals surface area contributed by atoms with Gasteiger partial charge in [0.1, 0.15) is 12.4 Å². The number of rotatable bonds is 6. The molecule has 0 heterocycles. The molecular formula is C19H21NO4. The van der Waals surface area contributed by atoms with E-state index in [1.165, 1.54) is 11.0 Å². The van der Waals surface area contributed by atoms with Gasteiger partial charge < -0.3 is 14.7 Å². The van der Waals surface area contributed by atoms with E-state index in [0.717, 1.165) is 16.9 Å². The fourth-order valence-corrected chi connectivity index (χ4v) is 2.36. The molecule has 1 N–H and O–H groups in total. The van der Waals surface area contributed by atoms with Crippen LogP contribution in [0.1, 0.15) is 31.8 Å². The lowest BCUT2D eigenvalue weighted by Gasteiger charge is -2.18. The third-order valence-corrected chi connectivity index (χ3v) is 3.60. The van der Waals surface area contributed by atoms with E-state index in [0.29, 0.717) is 18.7 Å². The predicted octanol–water partition coefficient (Wildman–Crippen LogP) is 3.15. The van der Waals surface area contributed by atoms with Gasteiger partial charge in [-0.3, -0.25) is 4.79 Å². The Morgan fingerprint density at radius 1 is 1.04 bits per heavy atom. The van der Waals surface area contributed by atoms with Crippen molar-refractivity contribution < 1.29 is 19.4 Å². The average molecular weight is 327 g/mol. The SMILES string of the molecule is Cc1cccc(OCCN(C)C(=O)c2cc(C)cc(C(=O)O)c2)c1. The molecule has 2 aromatic carbocycles. The number of carbonyl (C=O) groups is 2. The smallest absolute Gasteiger partial charge is 0.335 e. The van der Waals surface area contributed by atoms with E-state index in [1.807, 2.05) is 31.2 Å². The first-order chi connectivity index (χ1) is 11.4. The number of nitrogens with zero attached hydrogens (tertiary/aromatic N) is 1. The summed E-state index contributed by atoms with van der Waals surface area (Å²) in [4.78, 5) is 25.1. The summed E-state index contributed by atoms with van der Waals surface area (Å²) in [6.07, 6.45) is 0. The number of amides is 1. The molecule has 0 aromatic heterocycles. The molecule has 0 spiro atoms. The molecule has 0 aliphatic rings. The van der Waals surface area contributed by atoms with Gasteiger partial charge in [0.2, 0.25) is 0 Å². The summed E-state index contributed by atoms with van der Waals surface area (Å²) in [5.41, 5.74) is 2.33. The number of hydrogen-bond acceptors (Lipinski definition) is 3. The third kappa shape index (κ3) is 4.59. The monoisotopic (exact) mass is 327 g/mol. The van der Waals surface area contributed by atoms with Gasteiger partial charge in [0.05, 0.1) is 12.1 Å². The molecule has 5 nitrogen and oxygen atoms in total. The first-order valence-electron chi connectivity index (χ1n) is 7.67. The van der Waals surface area contributed by atoms with Crippen molar-refractivity contribution in [3.05, 3.63) is 64.7 Å². The molecule has 0 fully saturated rings. The van der Waals surface area contributed by atoms with Gasteiger partial charge in [-0.25, -0.2) is 4.79 Å². The van der Waals surface area contributed by atoms with E-state index >= 15 is 0 Å². The number of aryl methyl sites for hydroxylation is 2. The highest BCUT2D eigenvalue weighted by Crippen LogP contribution is 2.14. The number of hydrogen-bond donors (Lipinski definition) is 1. The fourth-order valence-electron chi connectivity index (χ4n) is 2.36. The quantitative estimate of drug-likeness (QED) is 0.885. The van der Waals surface area contributed by atoms with Crippen molar-refractivity contribution >= 4 is 11.9 Å². The lowest BCUT2D eigenvalue weighted by molar-refractivity contribution is 0.0696. The Morgan fingerprint density at radius 3 is 2.42 bits per heavy atom. The Balaban J connectivity index is 1.98. The van der Waals surface area contributed by atoms with Gasteiger partial charge in [-0.05, 0) is 55.3 Å². The molecule has 0 aliphatic heterocycles.